The number of hydrogen-bond donors (Lipinski definition) is 1. The van der Waals surface area contributed by atoms with Gasteiger partial charge < -0.3 is 9.84 Å². The Labute approximate surface area is 170 Å². The van der Waals surface area contributed by atoms with Crippen molar-refractivity contribution in [3.05, 3.63) is 66.1 Å². The van der Waals surface area contributed by atoms with Crippen LogP contribution in [0.3, 0.4) is 0 Å². The van der Waals surface area contributed by atoms with E-state index in [-0.39, 0.29) is 12.4 Å². The maximum absolute atomic E-state index is 13.9. The molecule has 1 N–H and O–H groups in total. The minimum atomic E-state index is -0.272. The van der Waals surface area contributed by atoms with Crippen LogP contribution < -0.4 is 4.74 Å². The molecule has 1 aliphatic rings. The number of hydrogen-bond acceptors (Lipinski definition) is 4. The molecule has 0 amide bonds. The summed E-state index contributed by atoms with van der Waals surface area (Å²) in [4.78, 5) is 2.35. The molecule has 1 unspecified atom stereocenters. The van der Waals surface area contributed by atoms with Crippen LogP contribution in [0, 0.1) is 11.7 Å². The fraction of sp³-hybridized carbons (Fsp3) is 0.348. The highest BCUT2D eigenvalue weighted by atomic mass is 19.1. The summed E-state index contributed by atoms with van der Waals surface area (Å²) in [6.45, 7) is 2.80. The average Bonchev–Trinajstić information content (AvgIpc) is 3.17. The summed E-state index contributed by atoms with van der Waals surface area (Å²) in [5, 5.41) is 14.3. The lowest BCUT2D eigenvalue weighted by Gasteiger charge is -2.31. The summed E-state index contributed by atoms with van der Waals surface area (Å²) in [6.07, 6.45) is 4.16. The Morgan fingerprint density at radius 1 is 1.21 bits per heavy atom. The van der Waals surface area contributed by atoms with Crippen LogP contribution in [-0.4, -0.2) is 46.6 Å². The molecule has 3 aromatic rings. The molecule has 152 valence electrons. The van der Waals surface area contributed by atoms with Gasteiger partial charge in [0.1, 0.15) is 11.6 Å². The van der Waals surface area contributed by atoms with Gasteiger partial charge in [-0.3, -0.25) is 4.90 Å². The van der Waals surface area contributed by atoms with Gasteiger partial charge in [0, 0.05) is 37.0 Å². The van der Waals surface area contributed by atoms with E-state index < -0.39 is 0 Å². The summed E-state index contributed by atoms with van der Waals surface area (Å²) in [6, 6.07) is 14.3. The van der Waals surface area contributed by atoms with Gasteiger partial charge in [-0.1, -0.05) is 12.1 Å². The van der Waals surface area contributed by atoms with Crippen LogP contribution in [0.2, 0.25) is 0 Å². The topological polar surface area (TPSA) is 50.5 Å². The lowest BCUT2D eigenvalue weighted by Crippen LogP contribution is -2.36. The van der Waals surface area contributed by atoms with Crippen molar-refractivity contribution < 1.29 is 14.2 Å². The third kappa shape index (κ3) is 4.49. The number of rotatable bonds is 6. The molecule has 6 heteroatoms. The first-order valence-electron chi connectivity index (χ1n) is 9.98. The van der Waals surface area contributed by atoms with Gasteiger partial charge in [0.25, 0.3) is 0 Å². The molecule has 5 nitrogen and oxygen atoms in total. The van der Waals surface area contributed by atoms with E-state index >= 15 is 0 Å². The molecule has 1 saturated heterocycles. The summed E-state index contributed by atoms with van der Waals surface area (Å²) in [7, 11) is 1.64. The van der Waals surface area contributed by atoms with Gasteiger partial charge in [0.15, 0.2) is 0 Å². The standard InChI is InChI=1S/C23H26FN3O2/c1-29-22-9-7-21(8-10-22)27-15-19(14-26-11-3-4-17(13-26)16-28)23(25-27)18-5-2-6-20(24)12-18/h2,5-10,12,15,17,28H,3-4,11,13-14,16H2,1H3. The van der Waals surface area contributed by atoms with Crippen LogP contribution in [-0.2, 0) is 6.54 Å². The number of ether oxygens (including phenoxy) is 1. The number of nitrogens with zero attached hydrogens (tertiary/aromatic N) is 3. The van der Waals surface area contributed by atoms with E-state index in [0.717, 1.165) is 60.7 Å². The summed E-state index contributed by atoms with van der Waals surface area (Å²) in [5.74, 6) is 0.832. The van der Waals surface area contributed by atoms with Crippen LogP contribution in [0.25, 0.3) is 16.9 Å². The number of piperidine rings is 1. The smallest absolute Gasteiger partial charge is 0.123 e. The molecule has 0 bridgehead atoms. The molecule has 0 aliphatic carbocycles. The molecule has 0 radical (unpaired) electrons. The largest absolute Gasteiger partial charge is 0.497 e. The van der Waals surface area contributed by atoms with Crippen molar-refractivity contribution in [1.29, 1.82) is 0 Å². The lowest BCUT2D eigenvalue weighted by molar-refractivity contribution is 0.116. The fourth-order valence-corrected chi connectivity index (χ4v) is 3.96. The van der Waals surface area contributed by atoms with Crippen LogP contribution in [0.15, 0.2) is 54.7 Å². The Kier molecular flexibility index (Phi) is 5.92. The molecule has 29 heavy (non-hydrogen) atoms. The highest BCUT2D eigenvalue weighted by Crippen LogP contribution is 2.27. The molecule has 1 aromatic heterocycles. The summed E-state index contributed by atoms with van der Waals surface area (Å²) >= 11 is 0. The van der Waals surface area contributed by atoms with Crippen molar-refractivity contribution in [2.75, 3.05) is 26.8 Å². The van der Waals surface area contributed by atoms with Crippen molar-refractivity contribution in [2.45, 2.75) is 19.4 Å². The van der Waals surface area contributed by atoms with E-state index in [0.29, 0.717) is 5.92 Å². The molecule has 1 aliphatic heterocycles. The molecule has 4 rings (SSSR count). The minimum absolute atomic E-state index is 0.221. The quantitative estimate of drug-likeness (QED) is 0.688. The van der Waals surface area contributed by atoms with Gasteiger partial charge in [-0.15, -0.1) is 0 Å². The van der Waals surface area contributed by atoms with Gasteiger partial charge in [0.05, 0.1) is 18.5 Å². The Morgan fingerprint density at radius 2 is 2.03 bits per heavy atom. The van der Waals surface area contributed by atoms with Crippen LogP contribution in [0.4, 0.5) is 4.39 Å². The first-order valence-corrected chi connectivity index (χ1v) is 9.98. The van der Waals surface area contributed by atoms with Crippen molar-refractivity contribution in [2.24, 2.45) is 5.92 Å². The molecule has 0 spiro atoms. The Bertz CT molecular complexity index is 955. The Balaban J connectivity index is 1.68. The first-order chi connectivity index (χ1) is 14.2. The molecule has 0 saturated carbocycles. The number of likely N-dealkylation sites (tertiary alicyclic amines) is 1. The zero-order chi connectivity index (χ0) is 20.2. The highest BCUT2D eigenvalue weighted by Gasteiger charge is 2.22. The number of halogens is 1. The van der Waals surface area contributed by atoms with Crippen molar-refractivity contribution in [1.82, 2.24) is 14.7 Å². The molecular formula is C23H26FN3O2. The third-order valence-electron chi connectivity index (χ3n) is 5.48. The van der Waals surface area contributed by atoms with Crippen LogP contribution in [0.1, 0.15) is 18.4 Å². The van der Waals surface area contributed by atoms with E-state index in [2.05, 4.69) is 4.90 Å². The molecule has 1 fully saturated rings. The normalized spacial score (nSPS) is 17.4. The number of methoxy groups -OCH3 is 1. The van der Waals surface area contributed by atoms with Gasteiger partial charge in [-0.05, 0) is 61.7 Å². The molecule has 1 atom stereocenters. The molecular weight excluding hydrogens is 369 g/mol. The maximum atomic E-state index is 13.9. The van der Waals surface area contributed by atoms with E-state index in [1.165, 1.54) is 12.1 Å². The van der Waals surface area contributed by atoms with Crippen LogP contribution in [0.5, 0.6) is 5.75 Å². The second-order valence-electron chi connectivity index (χ2n) is 7.58. The van der Waals surface area contributed by atoms with Gasteiger partial charge in [-0.25, -0.2) is 9.07 Å². The van der Waals surface area contributed by atoms with Gasteiger partial charge >= 0.3 is 0 Å². The van der Waals surface area contributed by atoms with Gasteiger partial charge in [0.2, 0.25) is 0 Å². The lowest BCUT2D eigenvalue weighted by atomic mass is 9.98. The summed E-state index contributed by atoms with van der Waals surface area (Å²) in [5.41, 5.74) is 3.51. The monoisotopic (exact) mass is 395 g/mol. The van der Waals surface area contributed by atoms with E-state index in [9.17, 15) is 9.50 Å². The minimum Gasteiger partial charge on any atom is -0.497 e. The number of aliphatic hydroxyl groups excluding tert-OH is 1. The summed E-state index contributed by atoms with van der Waals surface area (Å²) < 4.78 is 20.9. The first kappa shape index (κ1) is 19.6. The van der Waals surface area contributed by atoms with Gasteiger partial charge in [-0.2, -0.15) is 5.10 Å². The van der Waals surface area contributed by atoms with Crippen molar-refractivity contribution >= 4 is 0 Å². The van der Waals surface area contributed by atoms with Crippen molar-refractivity contribution in [3.8, 4) is 22.7 Å². The number of aliphatic hydroxyl groups is 1. The predicted octanol–water partition coefficient (Wildman–Crippen LogP) is 3.89. The van der Waals surface area contributed by atoms with E-state index in [1.54, 1.807) is 13.2 Å². The number of aromatic nitrogens is 2. The van der Waals surface area contributed by atoms with E-state index in [4.69, 9.17) is 9.84 Å². The second-order valence-corrected chi connectivity index (χ2v) is 7.58. The van der Waals surface area contributed by atoms with Crippen molar-refractivity contribution in [3.63, 3.8) is 0 Å². The molecule has 2 heterocycles. The Morgan fingerprint density at radius 3 is 2.76 bits per heavy atom. The highest BCUT2D eigenvalue weighted by molar-refractivity contribution is 5.63. The second kappa shape index (κ2) is 8.76. The predicted molar refractivity (Wildman–Crippen MR) is 111 cm³/mol. The SMILES string of the molecule is COc1ccc(-n2cc(CN3CCCC(CO)C3)c(-c3cccc(F)c3)n2)cc1. The number of benzene rings is 2. The maximum Gasteiger partial charge on any atom is 0.123 e. The van der Waals surface area contributed by atoms with E-state index in [1.807, 2.05) is 41.2 Å². The fourth-order valence-electron chi connectivity index (χ4n) is 3.96. The Hall–Kier alpha value is -2.70. The zero-order valence-corrected chi connectivity index (χ0v) is 16.6. The third-order valence-corrected chi connectivity index (χ3v) is 5.48. The molecule has 2 aromatic carbocycles. The zero-order valence-electron chi connectivity index (χ0n) is 16.6. The average molecular weight is 395 g/mol. The van der Waals surface area contributed by atoms with Crippen LogP contribution >= 0.6 is 0 Å².